The second-order valence-corrected chi connectivity index (χ2v) is 4.56. The van der Waals surface area contributed by atoms with E-state index in [1.54, 1.807) is 11.8 Å². The first-order valence-corrected chi connectivity index (χ1v) is 6.04. The molecule has 0 aliphatic carbocycles. The molecule has 19 heavy (non-hydrogen) atoms. The number of aromatic nitrogens is 3. The van der Waals surface area contributed by atoms with Crippen LogP contribution < -0.4 is 10.5 Å². The first-order chi connectivity index (χ1) is 9.11. The predicted molar refractivity (Wildman–Crippen MR) is 76.1 cm³/mol. The van der Waals surface area contributed by atoms with Crippen molar-refractivity contribution in [2.75, 3.05) is 12.8 Å². The molecule has 5 nitrogen and oxygen atoms in total. The number of aryl methyl sites for hydroxylation is 2. The zero-order valence-electron chi connectivity index (χ0n) is 11.2. The van der Waals surface area contributed by atoms with Crippen LogP contribution in [-0.2, 0) is 14.1 Å². The fraction of sp³-hybridized carbons (Fsp3) is 0.214. The molecule has 0 saturated carbocycles. The quantitative estimate of drug-likeness (QED) is 0.764. The van der Waals surface area contributed by atoms with Crippen LogP contribution in [0.3, 0.4) is 0 Å². The molecule has 0 aliphatic heterocycles. The van der Waals surface area contributed by atoms with Gasteiger partial charge in [-0.2, -0.15) is 5.10 Å². The number of rotatable bonds is 2. The maximum absolute atomic E-state index is 5.75. The van der Waals surface area contributed by atoms with Gasteiger partial charge in [0, 0.05) is 25.5 Å². The van der Waals surface area contributed by atoms with E-state index >= 15 is 0 Å². The van der Waals surface area contributed by atoms with E-state index in [0.717, 1.165) is 28.0 Å². The Morgan fingerprint density at radius 3 is 2.58 bits per heavy atom. The second-order valence-electron chi connectivity index (χ2n) is 4.56. The van der Waals surface area contributed by atoms with Crippen LogP contribution in [0, 0.1) is 0 Å². The Hall–Kier alpha value is -2.43. The van der Waals surface area contributed by atoms with Gasteiger partial charge in [0.25, 0.3) is 0 Å². The SMILES string of the molecule is COc1cccc2cc(-c3cc(N)nn3C)n(C)c12. The summed E-state index contributed by atoms with van der Waals surface area (Å²) in [6.07, 6.45) is 0. The molecule has 2 N–H and O–H groups in total. The molecule has 0 unspecified atom stereocenters. The van der Waals surface area contributed by atoms with Crippen molar-refractivity contribution in [2.45, 2.75) is 0 Å². The number of nitrogen functional groups attached to an aromatic ring is 1. The summed E-state index contributed by atoms with van der Waals surface area (Å²) >= 11 is 0. The summed E-state index contributed by atoms with van der Waals surface area (Å²) in [5, 5.41) is 5.33. The normalized spacial score (nSPS) is 11.1. The van der Waals surface area contributed by atoms with E-state index in [9.17, 15) is 0 Å². The van der Waals surface area contributed by atoms with Crippen molar-refractivity contribution in [3.05, 3.63) is 30.3 Å². The van der Waals surface area contributed by atoms with E-state index in [1.165, 1.54) is 0 Å². The van der Waals surface area contributed by atoms with E-state index in [0.29, 0.717) is 5.82 Å². The molecule has 0 amide bonds. The Kier molecular flexibility index (Phi) is 2.48. The van der Waals surface area contributed by atoms with Crippen LogP contribution in [0.4, 0.5) is 5.82 Å². The highest BCUT2D eigenvalue weighted by molar-refractivity contribution is 5.91. The molecule has 0 radical (unpaired) electrons. The van der Waals surface area contributed by atoms with Gasteiger partial charge < -0.3 is 15.0 Å². The van der Waals surface area contributed by atoms with Gasteiger partial charge in [-0.15, -0.1) is 0 Å². The Bertz CT molecular complexity index is 754. The highest BCUT2D eigenvalue weighted by atomic mass is 16.5. The standard InChI is InChI=1S/C14H16N4O/c1-17-10(11-8-13(15)16-18(11)2)7-9-5-4-6-12(19-3)14(9)17/h4-8H,1-3H3,(H2,15,16). The molecule has 98 valence electrons. The van der Waals surface area contributed by atoms with Crippen LogP contribution in [0.2, 0.25) is 0 Å². The molecule has 0 saturated heterocycles. The Morgan fingerprint density at radius 1 is 1.16 bits per heavy atom. The van der Waals surface area contributed by atoms with Crippen LogP contribution in [0.1, 0.15) is 0 Å². The molecule has 2 heterocycles. The zero-order chi connectivity index (χ0) is 13.6. The molecule has 5 heteroatoms. The summed E-state index contributed by atoms with van der Waals surface area (Å²) in [5.41, 5.74) is 8.87. The van der Waals surface area contributed by atoms with Crippen LogP contribution in [0.25, 0.3) is 22.3 Å². The number of nitrogens with two attached hydrogens (primary N) is 1. The molecule has 2 aromatic heterocycles. The number of para-hydroxylation sites is 1. The molecular formula is C14H16N4O. The molecule has 0 spiro atoms. The van der Waals surface area contributed by atoms with Crippen molar-refractivity contribution < 1.29 is 4.74 Å². The Morgan fingerprint density at radius 2 is 1.95 bits per heavy atom. The summed E-state index contributed by atoms with van der Waals surface area (Å²) in [6.45, 7) is 0. The molecule has 0 fully saturated rings. The highest BCUT2D eigenvalue weighted by Gasteiger charge is 2.14. The molecule has 0 aliphatic rings. The number of anilines is 1. The second kappa shape index (κ2) is 4.05. The lowest BCUT2D eigenvalue weighted by Gasteiger charge is -2.07. The lowest BCUT2D eigenvalue weighted by molar-refractivity contribution is 0.418. The van der Waals surface area contributed by atoms with Gasteiger partial charge in [-0.05, 0) is 12.1 Å². The third-order valence-corrected chi connectivity index (χ3v) is 3.40. The number of methoxy groups -OCH3 is 1. The molecule has 3 rings (SSSR count). The van der Waals surface area contributed by atoms with Crippen molar-refractivity contribution in [3.8, 4) is 17.1 Å². The Labute approximate surface area is 111 Å². The fourth-order valence-electron chi connectivity index (χ4n) is 2.52. The minimum absolute atomic E-state index is 0.523. The summed E-state index contributed by atoms with van der Waals surface area (Å²) in [6, 6.07) is 10.0. The summed E-state index contributed by atoms with van der Waals surface area (Å²) < 4.78 is 9.31. The van der Waals surface area contributed by atoms with E-state index in [4.69, 9.17) is 10.5 Å². The maximum Gasteiger partial charge on any atom is 0.146 e. The smallest absolute Gasteiger partial charge is 0.146 e. The van der Waals surface area contributed by atoms with Crippen molar-refractivity contribution in [3.63, 3.8) is 0 Å². The monoisotopic (exact) mass is 256 g/mol. The summed E-state index contributed by atoms with van der Waals surface area (Å²) in [7, 11) is 5.59. The van der Waals surface area contributed by atoms with Crippen molar-refractivity contribution >= 4 is 16.7 Å². The zero-order valence-corrected chi connectivity index (χ0v) is 11.2. The molecular weight excluding hydrogens is 240 g/mol. The highest BCUT2D eigenvalue weighted by Crippen LogP contribution is 2.32. The minimum atomic E-state index is 0.523. The van der Waals surface area contributed by atoms with Crippen molar-refractivity contribution in [2.24, 2.45) is 14.1 Å². The number of ether oxygens (including phenoxy) is 1. The van der Waals surface area contributed by atoms with E-state index in [-0.39, 0.29) is 0 Å². The lowest BCUT2D eigenvalue weighted by Crippen LogP contribution is -1.99. The van der Waals surface area contributed by atoms with Gasteiger partial charge in [0.05, 0.1) is 24.0 Å². The van der Waals surface area contributed by atoms with Crippen molar-refractivity contribution in [1.29, 1.82) is 0 Å². The van der Waals surface area contributed by atoms with Crippen molar-refractivity contribution in [1.82, 2.24) is 14.3 Å². The van der Waals surface area contributed by atoms with Gasteiger partial charge >= 0.3 is 0 Å². The minimum Gasteiger partial charge on any atom is -0.495 e. The maximum atomic E-state index is 5.75. The lowest BCUT2D eigenvalue weighted by atomic mass is 10.2. The van der Waals surface area contributed by atoms with Crippen LogP contribution in [0.15, 0.2) is 30.3 Å². The molecule has 0 atom stereocenters. The number of nitrogens with zero attached hydrogens (tertiary/aromatic N) is 3. The number of fused-ring (bicyclic) bond motifs is 1. The Balaban J connectivity index is 2.32. The largest absolute Gasteiger partial charge is 0.495 e. The average molecular weight is 256 g/mol. The fourth-order valence-corrected chi connectivity index (χ4v) is 2.52. The summed E-state index contributed by atoms with van der Waals surface area (Å²) in [4.78, 5) is 0. The van der Waals surface area contributed by atoms with Gasteiger partial charge in [0.1, 0.15) is 11.6 Å². The molecule has 0 bridgehead atoms. The number of hydrogen-bond acceptors (Lipinski definition) is 3. The van der Waals surface area contributed by atoms with Gasteiger partial charge in [-0.3, -0.25) is 4.68 Å². The van der Waals surface area contributed by atoms with E-state index in [1.807, 2.05) is 32.3 Å². The molecule has 1 aromatic carbocycles. The first-order valence-electron chi connectivity index (χ1n) is 6.04. The predicted octanol–water partition coefficient (Wildman–Crippen LogP) is 2.17. The van der Waals surface area contributed by atoms with Gasteiger partial charge in [-0.25, -0.2) is 0 Å². The van der Waals surface area contributed by atoms with E-state index < -0.39 is 0 Å². The number of hydrogen-bond donors (Lipinski definition) is 1. The van der Waals surface area contributed by atoms with Crippen LogP contribution >= 0.6 is 0 Å². The third kappa shape index (κ3) is 1.66. The van der Waals surface area contributed by atoms with Gasteiger partial charge in [-0.1, -0.05) is 12.1 Å². The van der Waals surface area contributed by atoms with E-state index in [2.05, 4.69) is 21.8 Å². The number of benzene rings is 1. The molecule has 3 aromatic rings. The van der Waals surface area contributed by atoms with Gasteiger partial charge in [0.2, 0.25) is 0 Å². The first kappa shape index (κ1) is 11.6. The van der Waals surface area contributed by atoms with Crippen LogP contribution in [0.5, 0.6) is 5.75 Å². The third-order valence-electron chi connectivity index (χ3n) is 3.40. The average Bonchev–Trinajstić information content (AvgIpc) is 2.89. The topological polar surface area (TPSA) is 58.0 Å². The summed E-state index contributed by atoms with van der Waals surface area (Å²) in [5.74, 6) is 1.39. The van der Waals surface area contributed by atoms with Crippen LogP contribution in [-0.4, -0.2) is 21.5 Å². The van der Waals surface area contributed by atoms with Gasteiger partial charge in [0.15, 0.2) is 0 Å².